The lowest BCUT2D eigenvalue weighted by molar-refractivity contribution is -0.139. The molecule has 0 aromatic heterocycles. The minimum Gasteiger partial charge on any atom is -0.497 e. The van der Waals surface area contributed by atoms with Gasteiger partial charge in [0.05, 0.1) is 33.3 Å². The lowest BCUT2D eigenvalue weighted by Gasteiger charge is -2.11. The second kappa shape index (κ2) is 5.89. The fraction of sp³-hybridized carbons (Fsp3) is 0.333. The van der Waals surface area contributed by atoms with E-state index in [1.165, 1.54) is 21.3 Å². The van der Waals surface area contributed by atoms with Crippen LogP contribution in [0.1, 0.15) is 15.9 Å². The van der Waals surface area contributed by atoms with Crippen molar-refractivity contribution >= 4 is 12.3 Å². The Labute approximate surface area is 99.3 Å². The summed E-state index contributed by atoms with van der Waals surface area (Å²) in [5, 5.41) is 0. The third kappa shape index (κ3) is 2.96. The summed E-state index contributed by atoms with van der Waals surface area (Å²) in [7, 11) is 4.24. The summed E-state index contributed by atoms with van der Waals surface area (Å²) in [6.07, 6.45) is 0.647. The second-order valence-electron chi connectivity index (χ2n) is 3.27. The van der Waals surface area contributed by atoms with Gasteiger partial charge in [-0.15, -0.1) is 0 Å². The summed E-state index contributed by atoms with van der Waals surface area (Å²) in [6.45, 7) is 0. The molecule has 0 unspecified atom stereocenters. The van der Waals surface area contributed by atoms with E-state index in [-0.39, 0.29) is 6.42 Å². The Kier molecular flexibility index (Phi) is 4.51. The van der Waals surface area contributed by atoms with E-state index >= 15 is 0 Å². The zero-order chi connectivity index (χ0) is 12.8. The lowest BCUT2D eigenvalue weighted by atomic mass is 10.0. The van der Waals surface area contributed by atoms with Gasteiger partial charge in [0.25, 0.3) is 0 Å². The number of ether oxygens (including phenoxy) is 3. The smallest absolute Gasteiger partial charge is 0.310 e. The summed E-state index contributed by atoms with van der Waals surface area (Å²) in [5.74, 6) is 0.466. The number of aldehydes is 1. The van der Waals surface area contributed by atoms with Gasteiger partial charge < -0.3 is 14.2 Å². The minimum atomic E-state index is -0.427. The molecule has 0 saturated carbocycles. The van der Waals surface area contributed by atoms with E-state index in [0.717, 1.165) is 0 Å². The molecule has 0 amide bonds. The van der Waals surface area contributed by atoms with Crippen molar-refractivity contribution in [3.05, 3.63) is 23.3 Å². The highest BCUT2D eigenvalue weighted by molar-refractivity contribution is 5.85. The predicted octanol–water partition coefficient (Wildman–Crippen LogP) is 1.23. The first-order valence-electron chi connectivity index (χ1n) is 4.93. The van der Waals surface area contributed by atoms with Crippen LogP contribution in [-0.2, 0) is 16.0 Å². The molecule has 0 aliphatic heterocycles. The van der Waals surface area contributed by atoms with Crippen molar-refractivity contribution in [2.24, 2.45) is 0 Å². The molecule has 0 saturated heterocycles. The summed E-state index contributed by atoms with van der Waals surface area (Å²) in [6, 6.07) is 3.20. The fourth-order valence-corrected chi connectivity index (χ4v) is 1.45. The molecule has 5 nitrogen and oxygen atoms in total. The molecule has 5 heteroatoms. The quantitative estimate of drug-likeness (QED) is 0.570. The van der Waals surface area contributed by atoms with E-state index in [0.29, 0.717) is 28.9 Å². The molecular weight excluding hydrogens is 224 g/mol. The van der Waals surface area contributed by atoms with Gasteiger partial charge in [-0.2, -0.15) is 0 Å². The first-order valence-corrected chi connectivity index (χ1v) is 4.93. The van der Waals surface area contributed by atoms with Gasteiger partial charge in [0.1, 0.15) is 11.5 Å². The molecule has 0 atom stereocenters. The number of carbonyl (C=O) groups is 2. The first kappa shape index (κ1) is 13.0. The van der Waals surface area contributed by atoms with Crippen LogP contribution < -0.4 is 9.47 Å². The molecule has 0 fully saturated rings. The summed E-state index contributed by atoms with van der Waals surface area (Å²) in [4.78, 5) is 22.2. The van der Waals surface area contributed by atoms with E-state index in [1.54, 1.807) is 12.1 Å². The molecule has 0 N–H and O–H groups in total. The normalized spacial score (nSPS) is 9.59. The number of carbonyl (C=O) groups excluding carboxylic acids is 2. The Morgan fingerprint density at radius 3 is 2.41 bits per heavy atom. The van der Waals surface area contributed by atoms with Crippen molar-refractivity contribution in [3.63, 3.8) is 0 Å². The second-order valence-corrected chi connectivity index (χ2v) is 3.27. The van der Waals surface area contributed by atoms with Crippen LogP contribution in [0.2, 0.25) is 0 Å². The zero-order valence-electron chi connectivity index (χ0n) is 9.98. The van der Waals surface area contributed by atoms with Gasteiger partial charge in [-0.25, -0.2) is 0 Å². The maximum Gasteiger partial charge on any atom is 0.310 e. The molecule has 0 aliphatic rings. The van der Waals surface area contributed by atoms with Gasteiger partial charge in [-0.3, -0.25) is 9.59 Å². The maximum atomic E-state index is 11.2. The van der Waals surface area contributed by atoms with Crippen LogP contribution in [0.3, 0.4) is 0 Å². The van der Waals surface area contributed by atoms with Crippen LogP contribution in [-0.4, -0.2) is 33.6 Å². The van der Waals surface area contributed by atoms with Crippen molar-refractivity contribution in [1.29, 1.82) is 0 Å². The van der Waals surface area contributed by atoms with Gasteiger partial charge in [0, 0.05) is 6.07 Å². The van der Waals surface area contributed by atoms with Crippen LogP contribution in [0.25, 0.3) is 0 Å². The molecular formula is C12H14O5. The minimum absolute atomic E-state index is 0.00185. The van der Waals surface area contributed by atoms with Crippen molar-refractivity contribution in [2.45, 2.75) is 6.42 Å². The Hall–Kier alpha value is -2.04. The number of benzene rings is 1. The van der Waals surface area contributed by atoms with Crippen LogP contribution in [0, 0.1) is 0 Å². The third-order valence-corrected chi connectivity index (χ3v) is 2.34. The monoisotopic (exact) mass is 238 g/mol. The molecule has 92 valence electrons. The molecule has 0 spiro atoms. The predicted molar refractivity (Wildman–Crippen MR) is 60.7 cm³/mol. The summed E-state index contributed by atoms with van der Waals surface area (Å²) in [5.41, 5.74) is 0.849. The number of esters is 1. The lowest BCUT2D eigenvalue weighted by Crippen LogP contribution is -2.08. The third-order valence-electron chi connectivity index (χ3n) is 2.34. The molecule has 1 aromatic carbocycles. The van der Waals surface area contributed by atoms with Gasteiger partial charge in [0.2, 0.25) is 0 Å². The van der Waals surface area contributed by atoms with Crippen LogP contribution >= 0.6 is 0 Å². The Morgan fingerprint density at radius 2 is 1.94 bits per heavy atom. The van der Waals surface area contributed by atoms with Gasteiger partial charge in [-0.1, -0.05) is 0 Å². The number of methoxy groups -OCH3 is 3. The average Bonchev–Trinajstić information content (AvgIpc) is 2.37. The van der Waals surface area contributed by atoms with Crippen molar-refractivity contribution in [3.8, 4) is 11.5 Å². The van der Waals surface area contributed by atoms with Crippen molar-refractivity contribution in [2.75, 3.05) is 21.3 Å². The van der Waals surface area contributed by atoms with Crippen LogP contribution in [0.4, 0.5) is 0 Å². The summed E-state index contributed by atoms with van der Waals surface area (Å²) < 4.78 is 14.7. The Balaban J connectivity index is 3.23. The molecule has 1 rings (SSSR count). The van der Waals surface area contributed by atoms with E-state index in [9.17, 15) is 9.59 Å². The zero-order valence-corrected chi connectivity index (χ0v) is 9.98. The van der Waals surface area contributed by atoms with E-state index in [1.807, 2.05) is 0 Å². The molecule has 1 aromatic rings. The fourth-order valence-electron chi connectivity index (χ4n) is 1.45. The highest BCUT2D eigenvalue weighted by atomic mass is 16.5. The number of hydrogen-bond donors (Lipinski definition) is 0. The molecule has 0 radical (unpaired) electrons. The molecule has 0 aliphatic carbocycles. The number of rotatable bonds is 5. The van der Waals surface area contributed by atoms with E-state index in [4.69, 9.17) is 9.47 Å². The van der Waals surface area contributed by atoms with Gasteiger partial charge in [-0.05, 0) is 11.6 Å². The highest BCUT2D eigenvalue weighted by Gasteiger charge is 2.14. The SMILES string of the molecule is COC(=O)Cc1cc(OC)cc(OC)c1C=O. The largest absolute Gasteiger partial charge is 0.497 e. The topological polar surface area (TPSA) is 61.8 Å². The Morgan fingerprint density at radius 1 is 1.24 bits per heavy atom. The molecule has 0 heterocycles. The molecule has 0 bridgehead atoms. The summed E-state index contributed by atoms with van der Waals surface area (Å²) >= 11 is 0. The van der Waals surface area contributed by atoms with E-state index < -0.39 is 5.97 Å². The van der Waals surface area contributed by atoms with E-state index in [2.05, 4.69) is 4.74 Å². The standard InChI is InChI=1S/C12H14O5/c1-15-9-4-8(5-12(14)17-3)10(7-13)11(6-9)16-2/h4,6-7H,5H2,1-3H3. The van der Waals surface area contributed by atoms with Crippen molar-refractivity contribution < 1.29 is 23.8 Å². The maximum absolute atomic E-state index is 11.2. The van der Waals surface area contributed by atoms with Gasteiger partial charge >= 0.3 is 5.97 Å². The number of hydrogen-bond acceptors (Lipinski definition) is 5. The van der Waals surface area contributed by atoms with Gasteiger partial charge in [0.15, 0.2) is 6.29 Å². The van der Waals surface area contributed by atoms with Crippen LogP contribution in [0.5, 0.6) is 11.5 Å². The average molecular weight is 238 g/mol. The van der Waals surface area contributed by atoms with Crippen LogP contribution in [0.15, 0.2) is 12.1 Å². The Bertz CT molecular complexity index is 425. The first-order chi connectivity index (χ1) is 8.15. The highest BCUT2D eigenvalue weighted by Crippen LogP contribution is 2.27. The van der Waals surface area contributed by atoms with Crippen molar-refractivity contribution in [1.82, 2.24) is 0 Å². The molecule has 17 heavy (non-hydrogen) atoms.